The van der Waals surface area contributed by atoms with Gasteiger partial charge in [-0.3, -0.25) is 4.90 Å². The quantitative estimate of drug-likeness (QED) is 0.832. The number of fused-ring (bicyclic) bond motifs is 1. The lowest BCUT2D eigenvalue weighted by molar-refractivity contribution is -0.151. The fourth-order valence-corrected chi connectivity index (χ4v) is 3.01. The minimum Gasteiger partial charge on any atom is -0.470 e. The lowest BCUT2D eigenvalue weighted by atomic mass is 10.0. The summed E-state index contributed by atoms with van der Waals surface area (Å²) in [7, 11) is 1.90. The number of ether oxygens (including phenoxy) is 3. The fraction of sp³-hybridized carbons (Fsp3) is 0.667. The zero-order valence-corrected chi connectivity index (χ0v) is 13.1. The molecule has 0 aromatic carbocycles. The Morgan fingerprint density at radius 3 is 2.70 bits per heavy atom. The van der Waals surface area contributed by atoms with Gasteiger partial charge in [0.2, 0.25) is 5.88 Å². The van der Waals surface area contributed by atoms with Gasteiger partial charge in [-0.2, -0.15) is 13.2 Å². The Hall–Kier alpha value is -1.38. The molecule has 2 aliphatic heterocycles. The molecule has 5 nitrogen and oxygen atoms in total. The van der Waals surface area contributed by atoms with Crippen LogP contribution in [0.25, 0.3) is 0 Å². The molecule has 0 bridgehead atoms. The fourth-order valence-electron chi connectivity index (χ4n) is 3.01. The molecule has 0 aliphatic carbocycles. The normalized spacial score (nSPS) is 31.0. The van der Waals surface area contributed by atoms with Crippen LogP contribution in [0.4, 0.5) is 13.2 Å². The maximum absolute atomic E-state index is 12.8. The molecule has 0 amide bonds. The van der Waals surface area contributed by atoms with Crippen LogP contribution in [-0.2, 0) is 15.7 Å². The van der Waals surface area contributed by atoms with Crippen molar-refractivity contribution in [1.82, 2.24) is 9.88 Å². The molecule has 1 aromatic rings. The molecular weight excluding hydrogens is 313 g/mol. The van der Waals surface area contributed by atoms with Gasteiger partial charge in [0.25, 0.3) is 0 Å². The number of piperidine rings is 1. The first kappa shape index (κ1) is 16.5. The van der Waals surface area contributed by atoms with Crippen LogP contribution in [0, 0.1) is 0 Å². The van der Waals surface area contributed by atoms with Gasteiger partial charge >= 0.3 is 6.18 Å². The molecule has 128 valence electrons. The highest BCUT2D eigenvalue weighted by Gasteiger charge is 2.49. The Labute approximate surface area is 132 Å². The summed E-state index contributed by atoms with van der Waals surface area (Å²) in [5, 5.41) is 0. The molecule has 23 heavy (non-hydrogen) atoms. The standard InChI is InChI=1S/C15H19F3N2O3/c1-14(2)22-10-8-20(3)7-9(13(10)23-14)21-12-6-4-5-11(19-12)15(16,17)18/h4-6,9-10,13H,7-8H2,1-3H3/t9-,10-,13+/m0/s1. The maximum atomic E-state index is 12.8. The van der Waals surface area contributed by atoms with E-state index in [9.17, 15) is 13.2 Å². The Kier molecular flexibility index (Phi) is 4.02. The zero-order chi connectivity index (χ0) is 16.8. The van der Waals surface area contributed by atoms with Gasteiger partial charge < -0.3 is 14.2 Å². The molecule has 0 unspecified atom stereocenters. The van der Waals surface area contributed by atoms with E-state index in [-0.39, 0.29) is 18.1 Å². The van der Waals surface area contributed by atoms with Crippen LogP contribution >= 0.6 is 0 Å². The summed E-state index contributed by atoms with van der Waals surface area (Å²) < 4.78 is 55.7. The second-order valence-corrected chi connectivity index (χ2v) is 6.37. The number of alkyl halides is 3. The van der Waals surface area contributed by atoms with Crippen molar-refractivity contribution in [3.63, 3.8) is 0 Å². The van der Waals surface area contributed by atoms with E-state index in [0.717, 1.165) is 6.07 Å². The minimum absolute atomic E-state index is 0.0628. The van der Waals surface area contributed by atoms with Crippen molar-refractivity contribution < 1.29 is 27.4 Å². The maximum Gasteiger partial charge on any atom is 0.433 e. The highest BCUT2D eigenvalue weighted by atomic mass is 19.4. The largest absolute Gasteiger partial charge is 0.470 e. The average molecular weight is 332 g/mol. The first-order valence-corrected chi connectivity index (χ1v) is 7.39. The SMILES string of the molecule is CN1C[C@H](Oc2cccc(C(F)(F)F)n2)[C@H]2OC(C)(C)O[C@H]2C1. The van der Waals surface area contributed by atoms with Crippen LogP contribution < -0.4 is 4.74 Å². The molecule has 0 N–H and O–H groups in total. The second-order valence-electron chi connectivity index (χ2n) is 6.37. The summed E-state index contributed by atoms with van der Waals surface area (Å²) in [5.74, 6) is -0.796. The van der Waals surface area contributed by atoms with Crippen molar-refractivity contribution >= 4 is 0 Å². The van der Waals surface area contributed by atoms with Gasteiger partial charge in [0.05, 0.1) is 0 Å². The summed E-state index contributed by atoms with van der Waals surface area (Å²) in [5.41, 5.74) is -0.973. The molecule has 3 rings (SSSR count). The first-order valence-electron chi connectivity index (χ1n) is 7.39. The predicted octanol–water partition coefficient (Wildman–Crippen LogP) is 2.31. The molecule has 2 aliphatic rings. The molecule has 3 heterocycles. The summed E-state index contributed by atoms with van der Waals surface area (Å²) in [6.45, 7) is 4.83. The number of halogens is 3. The average Bonchev–Trinajstić information content (AvgIpc) is 2.72. The lowest BCUT2D eigenvalue weighted by Gasteiger charge is -2.36. The highest BCUT2D eigenvalue weighted by molar-refractivity contribution is 5.18. The van der Waals surface area contributed by atoms with E-state index >= 15 is 0 Å². The zero-order valence-electron chi connectivity index (χ0n) is 13.1. The van der Waals surface area contributed by atoms with Crippen LogP contribution in [0.1, 0.15) is 19.5 Å². The number of nitrogens with zero attached hydrogens (tertiary/aromatic N) is 2. The lowest BCUT2D eigenvalue weighted by Crippen LogP contribution is -2.55. The number of aromatic nitrogens is 1. The van der Waals surface area contributed by atoms with Gasteiger partial charge in [-0.05, 0) is 27.0 Å². The first-order chi connectivity index (χ1) is 10.6. The summed E-state index contributed by atoms with van der Waals surface area (Å²) in [6, 6.07) is 3.62. The van der Waals surface area contributed by atoms with Crippen LogP contribution in [0.5, 0.6) is 5.88 Å². The Morgan fingerprint density at radius 1 is 1.26 bits per heavy atom. The third-order valence-corrected chi connectivity index (χ3v) is 3.86. The number of hydrogen-bond donors (Lipinski definition) is 0. The number of pyridine rings is 1. The van der Waals surface area contributed by atoms with Crippen molar-refractivity contribution in [3.05, 3.63) is 23.9 Å². The molecule has 8 heteroatoms. The topological polar surface area (TPSA) is 43.8 Å². The molecule has 0 radical (unpaired) electrons. The Morgan fingerprint density at radius 2 is 2.00 bits per heavy atom. The van der Waals surface area contributed by atoms with Crippen LogP contribution in [0.2, 0.25) is 0 Å². The van der Waals surface area contributed by atoms with E-state index < -0.39 is 23.8 Å². The third-order valence-electron chi connectivity index (χ3n) is 3.86. The second kappa shape index (κ2) is 5.61. The number of hydrogen-bond acceptors (Lipinski definition) is 5. The van der Waals surface area contributed by atoms with E-state index in [1.807, 2.05) is 25.8 Å². The van der Waals surface area contributed by atoms with E-state index in [0.29, 0.717) is 13.1 Å². The van der Waals surface area contributed by atoms with Crippen molar-refractivity contribution in [1.29, 1.82) is 0 Å². The predicted molar refractivity (Wildman–Crippen MR) is 75.0 cm³/mol. The molecule has 1 aromatic heterocycles. The Bertz CT molecular complexity index is 579. The molecule has 2 saturated heterocycles. The highest BCUT2D eigenvalue weighted by Crippen LogP contribution is 2.35. The molecule has 0 saturated carbocycles. The molecule has 3 atom stereocenters. The van der Waals surface area contributed by atoms with Gasteiger partial charge in [0, 0.05) is 19.2 Å². The smallest absolute Gasteiger partial charge is 0.433 e. The number of likely N-dealkylation sites (N-methyl/N-ethyl adjacent to an activating group) is 1. The Balaban J connectivity index is 1.79. The summed E-state index contributed by atoms with van der Waals surface area (Å²) in [6.07, 6.45) is -5.46. The third kappa shape index (κ3) is 3.59. The van der Waals surface area contributed by atoms with E-state index in [1.165, 1.54) is 12.1 Å². The van der Waals surface area contributed by atoms with Crippen molar-refractivity contribution in [2.24, 2.45) is 0 Å². The van der Waals surface area contributed by atoms with Crippen LogP contribution in [-0.4, -0.2) is 54.1 Å². The minimum atomic E-state index is -4.50. The number of rotatable bonds is 2. The van der Waals surface area contributed by atoms with Gasteiger partial charge in [0.1, 0.15) is 24.0 Å². The summed E-state index contributed by atoms with van der Waals surface area (Å²) >= 11 is 0. The van der Waals surface area contributed by atoms with E-state index in [1.54, 1.807) is 0 Å². The van der Waals surface area contributed by atoms with Crippen molar-refractivity contribution in [3.8, 4) is 5.88 Å². The van der Waals surface area contributed by atoms with Crippen LogP contribution in [0.15, 0.2) is 18.2 Å². The number of likely N-dealkylation sites (tertiary alicyclic amines) is 1. The molecule has 0 spiro atoms. The van der Waals surface area contributed by atoms with Crippen LogP contribution in [0.3, 0.4) is 0 Å². The van der Waals surface area contributed by atoms with Crippen molar-refractivity contribution in [2.75, 3.05) is 20.1 Å². The van der Waals surface area contributed by atoms with Gasteiger partial charge in [-0.1, -0.05) is 6.07 Å². The van der Waals surface area contributed by atoms with Crippen molar-refractivity contribution in [2.45, 2.75) is 44.1 Å². The van der Waals surface area contributed by atoms with Gasteiger partial charge in [-0.15, -0.1) is 0 Å². The van der Waals surface area contributed by atoms with E-state index in [4.69, 9.17) is 14.2 Å². The monoisotopic (exact) mass is 332 g/mol. The molecular formula is C15H19F3N2O3. The summed E-state index contributed by atoms with van der Waals surface area (Å²) in [4.78, 5) is 5.56. The van der Waals surface area contributed by atoms with Gasteiger partial charge in [-0.25, -0.2) is 4.98 Å². The van der Waals surface area contributed by atoms with Gasteiger partial charge in [0.15, 0.2) is 5.79 Å². The van der Waals surface area contributed by atoms with E-state index in [2.05, 4.69) is 4.98 Å². The molecule has 2 fully saturated rings.